The van der Waals surface area contributed by atoms with Gasteiger partial charge in [-0.05, 0) is 43.4 Å². The number of para-hydroxylation sites is 1. The molecule has 1 saturated carbocycles. The van der Waals surface area contributed by atoms with Crippen molar-refractivity contribution in [3.8, 4) is 0 Å². The van der Waals surface area contributed by atoms with Crippen LogP contribution < -0.4 is 10.2 Å². The van der Waals surface area contributed by atoms with Gasteiger partial charge in [-0.15, -0.1) is 0 Å². The molecule has 1 aromatic carbocycles. The van der Waals surface area contributed by atoms with Gasteiger partial charge in [-0.2, -0.15) is 0 Å². The molecule has 1 unspecified atom stereocenters. The topological polar surface area (TPSA) is 15.3 Å². The molecule has 2 nitrogen and oxygen atoms in total. The van der Waals surface area contributed by atoms with Crippen LogP contribution in [0.25, 0.3) is 0 Å². The quantitative estimate of drug-likeness (QED) is 0.884. The number of nitrogens with one attached hydrogen (secondary N) is 1. The molecule has 1 aromatic rings. The molecule has 0 amide bonds. The van der Waals surface area contributed by atoms with Gasteiger partial charge < -0.3 is 10.2 Å². The highest BCUT2D eigenvalue weighted by molar-refractivity contribution is 5.56. The van der Waals surface area contributed by atoms with Crippen LogP contribution in [-0.2, 0) is 6.42 Å². The molecule has 2 aliphatic rings. The van der Waals surface area contributed by atoms with Crippen LogP contribution >= 0.6 is 0 Å². The highest BCUT2D eigenvalue weighted by Crippen LogP contribution is 2.41. The first-order chi connectivity index (χ1) is 10.2. The highest BCUT2D eigenvalue weighted by atomic mass is 15.2. The van der Waals surface area contributed by atoms with Gasteiger partial charge in [-0.3, -0.25) is 0 Å². The van der Waals surface area contributed by atoms with Crippen LogP contribution in [0.1, 0.15) is 45.1 Å². The third kappa shape index (κ3) is 3.26. The Labute approximate surface area is 129 Å². The maximum absolute atomic E-state index is 3.63. The Kier molecular flexibility index (Phi) is 4.54. The third-order valence-electron chi connectivity index (χ3n) is 5.37. The van der Waals surface area contributed by atoms with Gasteiger partial charge in [0.25, 0.3) is 0 Å². The predicted molar refractivity (Wildman–Crippen MR) is 91.0 cm³/mol. The minimum Gasteiger partial charge on any atom is -0.370 e. The highest BCUT2D eigenvalue weighted by Gasteiger charge is 2.36. The maximum Gasteiger partial charge on any atom is 0.0399 e. The molecule has 116 valence electrons. The molecule has 0 radical (unpaired) electrons. The fourth-order valence-electron chi connectivity index (χ4n) is 4.37. The van der Waals surface area contributed by atoms with Gasteiger partial charge in [0.2, 0.25) is 0 Å². The lowest BCUT2D eigenvalue weighted by Gasteiger charge is -2.41. The van der Waals surface area contributed by atoms with E-state index in [0.717, 1.165) is 12.5 Å². The van der Waals surface area contributed by atoms with E-state index >= 15 is 0 Å². The molecule has 1 N–H and O–H groups in total. The molecule has 0 saturated heterocycles. The summed E-state index contributed by atoms with van der Waals surface area (Å²) in [6.07, 6.45) is 6.86. The molecule has 1 aliphatic heterocycles. The van der Waals surface area contributed by atoms with Crippen LogP contribution in [0, 0.1) is 11.3 Å². The van der Waals surface area contributed by atoms with Crippen molar-refractivity contribution in [1.82, 2.24) is 5.32 Å². The van der Waals surface area contributed by atoms with Gasteiger partial charge in [0.1, 0.15) is 0 Å². The zero-order chi connectivity index (χ0) is 14.7. The molecular weight excluding hydrogens is 256 g/mol. The van der Waals surface area contributed by atoms with E-state index in [1.807, 2.05) is 0 Å². The van der Waals surface area contributed by atoms with Crippen molar-refractivity contribution in [2.45, 2.75) is 46.0 Å². The number of fused-ring (bicyclic) bond motifs is 1. The second-order valence-electron chi connectivity index (χ2n) is 7.31. The Morgan fingerprint density at radius 1 is 1.24 bits per heavy atom. The number of anilines is 1. The number of hydrogen-bond donors (Lipinski definition) is 1. The van der Waals surface area contributed by atoms with E-state index in [1.54, 1.807) is 5.56 Å². The Morgan fingerprint density at radius 2 is 2.00 bits per heavy atom. The molecule has 2 heteroatoms. The Morgan fingerprint density at radius 3 is 2.76 bits per heavy atom. The lowest BCUT2D eigenvalue weighted by Crippen LogP contribution is -2.46. The van der Waals surface area contributed by atoms with Crippen LogP contribution in [0.3, 0.4) is 0 Å². The summed E-state index contributed by atoms with van der Waals surface area (Å²) < 4.78 is 0. The number of nitrogens with zero attached hydrogens (tertiary/aromatic N) is 1. The zero-order valence-electron chi connectivity index (χ0n) is 13.7. The summed E-state index contributed by atoms with van der Waals surface area (Å²) in [5, 5.41) is 3.63. The average molecular weight is 286 g/mol. The van der Waals surface area contributed by atoms with Crippen LogP contribution in [0.2, 0.25) is 0 Å². The molecule has 1 atom stereocenters. The molecule has 0 spiro atoms. The lowest BCUT2D eigenvalue weighted by atomic mass is 9.83. The predicted octanol–water partition coefficient (Wildman–Crippen LogP) is 3.86. The fourth-order valence-corrected chi connectivity index (χ4v) is 4.37. The van der Waals surface area contributed by atoms with Crippen molar-refractivity contribution in [1.29, 1.82) is 0 Å². The largest absolute Gasteiger partial charge is 0.370 e. The van der Waals surface area contributed by atoms with Gasteiger partial charge >= 0.3 is 0 Å². The summed E-state index contributed by atoms with van der Waals surface area (Å²) in [5.74, 6) is 0.775. The van der Waals surface area contributed by atoms with E-state index in [2.05, 4.69) is 48.3 Å². The molecule has 0 bridgehead atoms. The van der Waals surface area contributed by atoms with Crippen molar-refractivity contribution < 1.29 is 0 Å². The Hall–Kier alpha value is -1.02. The second-order valence-corrected chi connectivity index (χ2v) is 7.31. The van der Waals surface area contributed by atoms with Gasteiger partial charge in [-0.1, -0.05) is 44.9 Å². The molecule has 1 fully saturated rings. The maximum atomic E-state index is 3.63. The summed E-state index contributed by atoms with van der Waals surface area (Å²) >= 11 is 0. The molecule has 0 aromatic heterocycles. The Balaban J connectivity index is 1.79. The minimum atomic E-state index is 0.500. The standard InChI is InChI=1S/C19H30N2/c1-3-20-14-19(10-6-7-11-19)15-21-13-16(2)12-17-8-4-5-9-18(17)21/h4-5,8-9,16,20H,3,6-7,10-15H2,1-2H3. The van der Waals surface area contributed by atoms with Crippen molar-refractivity contribution in [3.05, 3.63) is 29.8 Å². The second kappa shape index (κ2) is 6.39. The zero-order valence-corrected chi connectivity index (χ0v) is 13.7. The summed E-state index contributed by atoms with van der Waals surface area (Å²) in [5.41, 5.74) is 3.55. The summed E-state index contributed by atoms with van der Waals surface area (Å²) in [7, 11) is 0. The molecule has 3 rings (SSSR count). The average Bonchev–Trinajstić information content (AvgIpc) is 2.94. The number of hydrogen-bond acceptors (Lipinski definition) is 2. The third-order valence-corrected chi connectivity index (χ3v) is 5.37. The van der Waals surface area contributed by atoms with Crippen molar-refractivity contribution in [2.75, 3.05) is 31.1 Å². The molecular formula is C19H30N2. The van der Waals surface area contributed by atoms with Gasteiger partial charge in [-0.25, -0.2) is 0 Å². The monoisotopic (exact) mass is 286 g/mol. The van der Waals surface area contributed by atoms with E-state index in [9.17, 15) is 0 Å². The fraction of sp³-hybridized carbons (Fsp3) is 0.684. The van der Waals surface area contributed by atoms with E-state index in [0.29, 0.717) is 5.41 Å². The smallest absolute Gasteiger partial charge is 0.0399 e. The van der Waals surface area contributed by atoms with E-state index < -0.39 is 0 Å². The van der Waals surface area contributed by atoms with Crippen molar-refractivity contribution in [2.24, 2.45) is 11.3 Å². The first kappa shape index (κ1) is 14.9. The van der Waals surface area contributed by atoms with E-state index in [-0.39, 0.29) is 0 Å². The van der Waals surface area contributed by atoms with E-state index in [4.69, 9.17) is 0 Å². The lowest BCUT2D eigenvalue weighted by molar-refractivity contribution is 0.279. The van der Waals surface area contributed by atoms with Crippen LogP contribution in [0.15, 0.2) is 24.3 Å². The minimum absolute atomic E-state index is 0.500. The first-order valence-electron chi connectivity index (χ1n) is 8.76. The van der Waals surface area contributed by atoms with Crippen LogP contribution in [-0.4, -0.2) is 26.2 Å². The summed E-state index contributed by atoms with van der Waals surface area (Å²) in [6, 6.07) is 9.05. The van der Waals surface area contributed by atoms with Crippen molar-refractivity contribution >= 4 is 5.69 Å². The van der Waals surface area contributed by atoms with Crippen LogP contribution in [0.5, 0.6) is 0 Å². The summed E-state index contributed by atoms with van der Waals surface area (Å²) in [4.78, 5) is 2.69. The normalized spacial score (nSPS) is 24.1. The Bertz CT molecular complexity index is 462. The van der Waals surface area contributed by atoms with Gasteiger partial charge in [0.15, 0.2) is 0 Å². The molecule has 1 heterocycles. The number of benzene rings is 1. The van der Waals surface area contributed by atoms with Gasteiger partial charge in [0.05, 0.1) is 0 Å². The van der Waals surface area contributed by atoms with E-state index in [1.165, 1.54) is 57.4 Å². The van der Waals surface area contributed by atoms with Crippen LogP contribution in [0.4, 0.5) is 5.69 Å². The number of rotatable bonds is 5. The van der Waals surface area contributed by atoms with Gasteiger partial charge in [0, 0.05) is 30.7 Å². The molecule has 21 heavy (non-hydrogen) atoms. The van der Waals surface area contributed by atoms with Crippen molar-refractivity contribution in [3.63, 3.8) is 0 Å². The molecule has 1 aliphatic carbocycles. The first-order valence-corrected chi connectivity index (χ1v) is 8.76. The SMILES string of the molecule is CCNCC1(CN2CC(C)Cc3ccccc32)CCCC1. The summed E-state index contributed by atoms with van der Waals surface area (Å²) in [6.45, 7) is 9.37.